The summed E-state index contributed by atoms with van der Waals surface area (Å²) in [5.41, 5.74) is 2.81. The molecule has 2 aromatic carbocycles. The molecule has 0 spiro atoms. The van der Waals surface area contributed by atoms with Gasteiger partial charge in [0.25, 0.3) is 0 Å². The van der Waals surface area contributed by atoms with Crippen molar-refractivity contribution < 1.29 is 4.79 Å². The predicted molar refractivity (Wildman–Crippen MR) is 110 cm³/mol. The van der Waals surface area contributed by atoms with Crippen LogP contribution >= 0.6 is 24.8 Å². The normalized spacial score (nSPS) is 18.6. The third-order valence-corrected chi connectivity index (χ3v) is 4.67. The second kappa shape index (κ2) is 8.99. The van der Waals surface area contributed by atoms with E-state index in [1.165, 1.54) is 5.56 Å². The predicted octanol–water partition coefficient (Wildman–Crippen LogP) is 4.02. The summed E-state index contributed by atoms with van der Waals surface area (Å²) in [6.45, 7) is 1.53. The summed E-state index contributed by atoms with van der Waals surface area (Å²) in [6, 6.07) is 20.0. The average Bonchev–Trinajstić information content (AvgIpc) is 3.13. The fourth-order valence-corrected chi connectivity index (χ4v) is 3.44. The summed E-state index contributed by atoms with van der Waals surface area (Å²) < 4.78 is 0. The molecule has 0 radical (unpaired) electrons. The standard InChI is InChI=1S/C20H19N3O.2ClH/c24-20(17-13-21-12-16(17)14-6-2-1-3-7-14)23-18-10-4-8-15-9-5-11-22-19(15)18;;/h1-11,16-17,21H,12-13H2,(H,23,24);2*1H/t16-,17+;;/m0../s1. The van der Waals surface area contributed by atoms with Crippen LogP contribution < -0.4 is 10.6 Å². The first-order valence-corrected chi connectivity index (χ1v) is 8.23. The molecule has 0 bridgehead atoms. The van der Waals surface area contributed by atoms with Gasteiger partial charge in [-0.3, -0.25) is 9.78 Å². The summed E-state index contributed by atoms with van der Waals surface area (Å²) >= 11 is 0. The highest BCUT2D eigenvalue weighted by molar-refractivity contribution is 6.01. The number of hydrogen-bond donors (Lipinski definition) is 2. The van der Waals surface area contributed by atoms with Gasteiger partial charge in [0, 0.05) is 30.6 Å². The van der Waals surface area contributed by atoms with Crippen molar-refractivity contribution in [1.82, 2.24) is 10.3 Å². The first kappa shape index (κ1) is 20.2. The molecule has 0 aliphatic carbocycles. The van der Waals surface area contributed by atoms with E-state index in [-0.39, 0.29) is 42.6 Å². The van der Waals surface area contributed by atoms with Crippen LogP contribution in [0, 0.1) is 5.92 Å². The van der Waals surface area contributed by atoms with Crippen LogP contribution in [0.3, 0.4) is 0 Å². The quantitative estimate of drug-likeness (QED) is 0.710. The minimum Gasteiger partial charge on any atom is -0.324 e. The van der Waals surface area contributed by atoms with E-state index in [9.17, 15) is 4.79 Å². The Kier molecular flexibility index (Phi) is 6.98. The van der Waals surface area contributed by atoms with Gasteiger partial charge in [0.1, 0.15) is 0 Å². The number of rotatable bonds is 3. The lowest BCUT2D eigenvalue weighted by Crippen LogP contribution is -2.28. The Labute approximate surface area is 165 Å². The monoisotopic (exact) mass is 389 g/mol. The summed E-state index contributed by atoms with van der Waals surface area (Å²) in [5.74, 6) is 0.174. The van der Waals surface area contributed by atoms with E-state index < -0.39 is 0 Å². The number of para-hydroxylation sites is 1. The topological polar surface area (TPSA) is 54.0 Å². The number of amides is 1. The Balaban J connectivity index is 0.00000121. The number of halogens is 2. The Morgan fingerprint density at radius 3 is 2.54 bits per heavy atom. The number of fused-ring (bicyclic) bond motifs is 1. The van der Waals surface area contributed by atoms with Crippen LogP contribution in [-0.4, -0.2) is 24.0 Å². The van der Waals surface area contributed by atoms with Gasteiger partial charge in [-0.15, -0.1) is 24.8 Å². The molecule has 1 aromatic heterocycles. The van der Waals surface area contributed by atoms with E-state index in [1.807, 2.05) is 48.5 Å². The smallest absolute Gasteiger partial charge is 0.229 e. The molecular weight excluding hydrogens is 369 g/mol. The van der Waals surface area contributed by atoms with Crippen molar-refractivity contribution in [3.63, 3.8) is 0 Å². The molecule has 4 rings (SSSR count). The molecule has 1 fully saturated rings. The van der Waals surface area contributed by atoms with Gasteiger partial charge in [0.05, 0.1) is 17.1 Å². The number of nitrogens with zero attached hydrogens (tertiary/aromatic N) is 1. The third-order valence-electron chi connectivity index (χ3n) is 4.67. The molecule has 2 N–H and O–H groups in total. The fraction of sp³-hybridized carbons (Fsp3) is 0.200. The van der Waals surface area contributed by atoms with Crippen molar-refractivity contribution in [3.05, 3.63) is 72.4 Å². The number of aromatic nitrogens is 1. The summed E-state index contributed by atoms with van der Waals surface area (Å²) in [4.78, 5) is 17.3. The largest absolute Gasteiger partial charge is 0.324 e. The molecule has 136 valence electrons. The third kappa shape index (κ3) is 3.98. The van der Waals surface area contributed by atoms with Crippen molar-refractivity contribution in [2.75, 3.05) is 18.4 Å². The van der Waals surface area contributed by atoms with Gasteiger partial charge in [0.15, 0.2) is 0 Å². The van der Waals surface area contributed by atoms with E-state index in [4.69, 9.17) is 0 Å². The average molecular weight is 390 g/mol. The van der Waals surface area contributed by atoms with Crippen LogP contribution in [0.25, 0.3) is 10.9 Å². The molecule has 1 aliphatic heterocycles. The first-order valence-electron chi connectivity index (χ1n) is 8.23. The molecule has 0 saturated carbocycles. The van der Waals surface area contributed by atoms with Crippen LogP contribution in [0.4, 0.5) is 5.69 Å². The number of hydrogen-bond acceptors (Lipinski definition) is 3. The molecule has 1 aliphatic rings. The second-order valence-electron chi connectivity index (χ2n) is 6.15. The van der Waals surface area contributed by atoms with Crippen molar-refractivity contribution >= 4 is 47.3 Å². The Morgan fingerprint density at radius 2 is 1.73 bits per heavy atom. The highest BCUT2D eigenvalue weighted by Gasteiger charge is 2.34. The maximum absolute atomic E-state index is 12.9. The fourth-order valence-electron chi connectivity index (χ4n) is 3.44. The first-order chi connectivity index (χ1) is 11.8. The van der Waals surface area contributed by atoms with Crippen LogP contribution in [0.15, 0.2) is 66.9 Å². The number of nitrogens with one attached hydrogen (secondary N) is 2. The molecule has 1 amide bonds. The molecular formula is C20H21Cl2N3O. The van der Waals surface area contributed by atoms with Crippen LogP contribution in [0.5, 0.6) is 0 Å². The van der Waals surface area contributed by atoms with E-state index >= 15 is 0 Å². The van der Waals surface area contributed by atoms with E-state index in [0.29, 0.717) is 6.54 Å². The summed E-state index contributed by atoms with van der Waals surface area (Å²) in [6.07, 6.45) is 1.75. The molecule has 1 saturated heterocycles. The SMILES string of the molecule is Cl.Cl.O=C(Nc1cccc2cccnc12)[C@@H]1CNC[C@H]1c1ccccc1. The lowest BCUT2D eigenvalue weighted by molar-refractivity contribution is -0.119. The van der Waals surface area contributed by atoms with Crippen molar-refractivity contribution in [3.8, 4) is 0 Å². The molecule has 6 heteroatoms. The van der Waals surface area contributed by atoms with Gasteiger partial charge >= 0.3 is 0 Å². The lowest BCUT2D eigenvalue weighted by Gasteiger charge is -2.19. The summed E-state index contributed by atoms with van der Waals surface area (Å²) in [5, 5.41) is 7.46. The maximum Gasteiger partial charge on any atom is 0.229 e. The van der Waals surface area contributed by atoms with Gasteiger partial charge in [0.2, 0.25) is 5.91 Å². The van der Waals surface area contributed by atoms with Crippen LogP contribution in [0.1, 0.15) is 11.5 Å². The van der Waals surface area contributed by atoms with E-state index in [0.717, 1.165) is 23.1 Å². The molecule has 26 heavy (non-hydrogen) atoms. The molecule has 2 heterocycles. The Bertz CT molecular complexity index is 868. The number of pyridine rings is 1. The highest BCUT2D eigenvalue weighted by Crippen LogP contribution is 2.30. The van der Waals surface area contributed by atoms with Crippen molar-refractivity contribution in [2.45, 2.75) is 5.92 Å². The van der Waals surface area contributed by atoms with Gasteiger partial charge < -0.3 is 10.6 Å². The van der Waals surface area contributed by atoms with Crippen LogP contribution in [-0.2, 0) is 4.79 Å². The highest BCUT2D eigenvalue weighted by atomic mass is 35.5. The zero-order valence-electron chi connectivity index (χ0n) is 14.1. The zero-order chi connectivity index (χ0) is 16.4. The second-order valence-corrected chi connectivity index (χ2v) is 6.15. The van der Waals surface area contributed by atoms with Gasteiger partial charge in [-0.2, -0.15) is 0 Å². The van der Waals surface area contributed by atoms with E-state index in [2.05, 4.69) is 27.8 Å². The number of benzene rings is 2. The van der Waals surface area contributed by atoms with Crippen LogP contribution in [0.2, 0.25) is 0 Å². The Morgan fingerprint density at radius 1 is 0.962 bits per heavy atom. The summed E-state index contributed by atoms with van der Waals surface area (Å²) in [7, 11) is 0. The number of anilines is 1. The maximum atomic E-state index is 12.9. The molecule has 2 atom stereocenters. The molecule has 0 unspecified atom stereocenters. The Hall–Kier alpha value is -2.14. The molecule has 4 nitrogen and oxygen atoms in total. The minimum atomic E-state index is -0.0774. The lowest BCUT2D eigenvalue weighted by atomic mass is 9.88. The zero-order valence-corrected chi connectivity index (χ0v) is 15.7. The van der Waals surface area contributed by atoms with E-state index in [1.54, 1.807) is 6.20 Å². The van der Waals surface area contributed by atoms with Gasteiger partial charge in [-0.05, 0) is 17.7 Å². The minimum absolute atomic E-state index is 0. The number of carbonyl (C=O) groups excluding carboxylic acids is 1. The van der Waals surface area contributed by atoms with Gasteiger partial charge in [-0.1, -0.05) is 48.5 Å². The number of carbonyl (C=O) groups is 1. The molecule has 3 aromatic rings. The van der Waals surface area contributed by atoms with Crippen molar-refractivity contribution in [1.29, 1.82) is 0 Å². The van der Waals surface area contributed by atoms with Gasteiger partial charge in [-0.25, -0.2) is 0 Å². The van der Waals surface area contributed by atoms with Crippen molar-refractivity contribution in [2.24, 2.45) is 5.92 Å².